The summed E-state index contributed by atoms with van der Waals surface area (Å²) in [4.78, 5) is 16.2. The van der Waals surface area contributed by atoms with Crippen molar-refractivity contribution in [1.82, 2.24) is 9.55 Å². The molecule has 81 valence electrons. The molecule has 2 aromatic heterocycles. The van der Waals surface area contributed by atoms with Crippen molar-refractivity contribution in [1.29, 1.82) is 0 Å². The van der Waals surface area contributed by atoms with Crippen LogP contribution in [0.15, 0.2) is 59.5 Å². The molecule has 3 heteroatoms. The molecule has 0 bridgehead atoms. The monoisotopic (exact) mass is 221 g/mol. The Morgan fingerprint density at radius 1 is 1.06 bits per heavy atom. The van der Waals surface area contributed by atoms with E-state index in [4.69, 9.17) is 0 Å². The van der Waals surface area contributed by atoms with Crippen LogP contribution in [-0.2, 0) is 0 Å². The molecule has 0 spiro atoms. The minimum absolute atomic E-state index is 0.192. The lowest BCUT2D eigenvalue weighted by Crippen LogP contribution is -2.18. The van der Waals surface area contributed by atoms with Crippen molar-refractivity contribution in [3.8, 4) is 5.69 Å². The lowest BCUT2D eigenvalue weighted by atomic mass is 10.2. The van der Waals surface area contributed by atoms with Crippen molar-refractivity contribution in [2.45, 2.75) is 0 Å². The number of rotatable bonds is 1. The summed E-state index contributed by atoms with van der Waals surface area (Å²) in [5.41, 5.74) is 1.27. The van der Waals surface area contributed by atoms with E-state index in [1.54, 1.807) is 16.8 Å². The molecular formula is C14H9N2O. The fourth-order valence-corrected chi connectivity index (χ4v) is 1.83. The van der Waals surface area contributed by atoms with E-state index in [9.17, 15) is 4.79 Å². The zero-order valence-electron chi connectivity index (χ0n) is 9.00. The topological polar surface area (TPSA) is 34.9 Å². The van der Waals surface area contributed by atoms with Crippen LogP contribution in [0.4, 0.5) is 0 Å². The number of nitrogens with zero attached hydrogens (tertiary/aromatic N) is 2. The van der Waals surface area contributed by atoms with Gasteiger partial charge in [0.25, 0.3) is 5.56 Å². The van der Waals surface area contributed by atoms with Crippen molar-refractivity contribution >= 4 is 11.0 Å². The van der Waals surface area contributed by atoms with Crippen molar-refractivity contribution in [3.63, 3.8) is 0 Å². The maximum Gasteiger partial charge on any atom is 0.264 e. The predicted octanol–water partition coefficient (Wildman–Crippen LogP) is 2.19. The molecule has 0 unspecified atom stereocenters. The summed E-state index contributed by atoms with van der Waals surface area (Å²) in [5.74, 6) is 0. The number of fused-ring (bicyclic) bond motifs is 1. The molecule has 2 heterocycles. The maximum atomic E-state index is 11.9. The highest BCUT2D eigenvalue weighted by molar-refractivity contribution is 5.76. The number of pyridine rings is 2. The third kappa shape index (κ3) is 1.61. The second-order valence-corrected chi connectivity index (χ2v) is 3.68. The van der Waals surface area contributed by atoms with E-state index in [0.29, 0.717) is 5.65 Å². The fourth-order valence-electron chi connectivity index (χ4n) is 1.83. The van der Waals surface area contributed by atoms with Gasteiger partial charge in [0.1, 0.15) is 5.65 Å². The van der Waals surface area contributed by atoms with Crippen LogP contribution in [0.5, 0.6) is 0 Å². The zero-order valence-corrected chi connectivity index (χ0v) is 9.00. The van der Waals surface area contributed by atoms with E-state index in [1.807, 2.05) is 42.5 Å². The summed E-state index contributed by atoms with van der Waals surface area (Å²) >= 11 is 0. The molecule has 1 aromatic carbocycles. The van der Waals surface area contributed by atoms with Gasteiger partial charge in [0.05, 0.1) is 11.8 Å². The summed E-state index contributed by atoms with van der Waals surface area (Å²) in [5, 5.41) is 0.899. The molecule has 3 nitrogen and oxygen atoms in total. The van der Waals surface area contributed by atoms with Gasteiger partial charge in [-0.05, 0) is 30.3 Å². The third-order valence-electron chi connectivity index (χ3n) is 2.60. The summed E-state index contributed by atoms with van der Waals surface area (Å²) in [6.45, 7) is 0. The van der Waals surface area contributed by atoms with Gasteiger partial charge in [-0.15, -0.1) is 0 Å². The smallest absolute Gasteiger partial charge is 0.264 e. The number of benzene rings is 1. The molecule has 3 rings (SSSR count). The van der Waals surface area contributed by atoms with Crippen LogP contribution in [0.3, 0.4) is 0 Å². The highest BCUT2D eigenvalue weighted by atomic mass is 16.1. The Morgan fingerprint density at radius 3 is 2.71 bits per heavy atom. The number of aromatic nitrogens is 2. The van der Waals surface area contributed by atoms with Crippen molar-refractivity contribution in [2.24, 2.45) is 0 Å². The number of hydrogen-bond acceptors (Lipinski definition) is 2. The first kappa shape index (κ1) is 9.78. The average Bonchev–Trinajstić information content (AvgIpc) is 2.39. The normalized spacial score (nSPS) is 10.6. The van der Waals surface area contributed by atoms with Crippen LogP contribution < -0.4 is 5.56 Å². The molecular weight excluding hydrogens is 212 g/mol. The summed E-state index contributed by atoms with van der Waals surface area (Å²) in [6.07, 6.45) is 1.68. The zero-order chi connectivity index (χ0) is 11.7. The largest absolute Gasteiger partial charge is 0.268 e. The summed E-state index contributed by atoms with van der Waals surface area (Å²) in [6, 6.07) is 17.6. The van der Waals surface area contributed by atoms with Crippen LogP contribution in [0.2, 0.25) is 0 Å². The van der Waals surface area contributed by atoms with Crippen molar-refractivity contribution < 1.29 is 0 Å². The van der Waals surface area contributed by atoms with E-state index in [1.165, 1.54) is 0 Å². The van der Waals surface area contributed by atoms with Gasteiger partial charge in [0.2, 0.25) is 0 Å². The van der Waals surface area contributed by atoms with E-state index >= 15 is 0 Å². The average molecular weight is 221 g/mol. The Labute approximate surface area is 98.0 Å². The van der Waals surface area contributed by atoms with Crippen LogP contribution in [0.1, 0.15) is 0 Å². The third-order valence-corrected chi connectivity index (χ3v) is 2.60. The van der Waals surface area contributed by atoms with Gasteiger partial charge in [-0.2, -0.15) is 0 Å². The SMILES string of the molecule is O=c1[c]cc2cccnc2n1-c1ccccc1. The van der Waals surface area contributed by atoms with Gasteiger partial charge in [-0.25, -0.2) is 4.98 Å². The Bertz CT molecular complexity index is 717. The van der Waals surface area contributed by atoms with Crippen molar-refractivity contribution in [3.05, 3.63) is 71.1 Å². The first-order valence-corrected chi connectivity index (χ1v) is 5.30. The van der Waals surface area contributed by atoms with Gasteiger partial charge in [0.15, 0.2) is 0 Å². The van der Waals surface area contributed by atoms with Gasteiger partial charge in [-0.1, -0.05) is 18.2 Å². The highest BCUT2D eigenvalue weighted by Crippen LogP contribution is 2.12. The van der Waals surface area contributed by atoms with Gasteiger partial charge in [0, 0.05) is 11.6 Å². The predicted molar refractivity (Wildman–Crippen MR) is 66.2 cm³/mol. The van der Waals surface area contributed by atoms with Gasteiger partial charge < -0.3 is 0 Å². The molecule has 0 aliphatic carbocycles. The van der Waals surface area contributed by atoms with Crippen LogP contribution in [0.25, 0.3) is 16.7 Å². The molecule has 0 aliphatic heterocycles. The molecule has 0 saturated carbocycles. The molecule has 0 fully saturated rings. The van der Waals surface area contributed by atoms with Gasteiger partial charge in [-0.3, -0.25) is 9.36 Å². The standard InChI is InChI=1S/C14H9N2O/c17-13-9-8-11-5-4-10-15-14(11)16(13)12-6-2-1-3-7-12/h1-8,10H. The molecule has 17 heavy (non-hydrogen) atoms. The van der Waals surface area contributed by atoms with E-state index < -0.39 is 0 Å². The second-order valence-electron chi connectivity index (χ2n) is 3.68. The minimum Gasteiger partial charge on any atom is -0.268 e. The molecule has 0 amide bonds. The Hall–Kier alpha value is -2.42. The Kier molecular flexibility index (Phi) is 2.22. The quantitative estimate of drug-likeness (QED) is 0.631. The maximum absolute atomic E-state index is 11.9. The Morgan fingerprint density at radius 2 is 1.88 bits per heavy atom. The van der Waals surface area contributed by atoms with E-state index in [-0.39, 0.29) is 5.56 Å². The molecule has 0 aliphatic rings. The minimum atomic E-state index is -0.192. The lowest BCUT2D eigenvalue weighted by molar-refractivity contribution is 1.01. The Balaban J connectivity index is 2.43. The van der Waals surface area contributed by atoms with E-state index in [0.717, 1.165) is 11.1 Å². The molecule has 1 radical (unpaired) electrons. The van der Waals surface area contributed by atoms with Gasteiger partial charge >= 0.3 is 0 Å². The molecule has 0 atom stereocenters. The number of hydrogen-bond donors (Lipinski definition) is 0. The first-order valence-electron chi connectivity index (χ1n) is 5.30. The fraction of sp³-hybridized carbons (Fsp3) is 0. The summed E-state index contributed by atoms with van der Waals surface area (Å²) in [7, 11) is 0. The van der Waals surface area contributed by atoms with Crippen LogP contribution in [0, 0.1) is 6.07 Å². The second kappa shape index (κ2) is 3.87. The molecule has 3 aromatic rings. The highest BCUT2D eigenvalue weighted by Gasteiger charge is 2.05. The first-order chi connectivity index (χ1) is 8.36. The number of para-hydroxylation sites is 1. The summed E-state index contributed by atoms with van der Waals surface area (Å²) < 4.78 is 1.56. The van der Waals surface area contributed by atoms with Crippen LogP contribution >= 0.6 is 0 Å². The molecule has 0 N–H and O–H groups in total. The molecule has 0 saturated heterocycles. The van der Waals surface area contributed by atoms with Crippen LogP contribution in [-0.4, -0.2) is 9.55 Å². The van der Waals surface area contributed by atoms with E-state index in [2.05, 4.69) is 11.1 Å². The lowest BCUT2D eigenvalue weighted by Gasteiger charge is -2.07. The van der Waals surface area contributed by atoms with Crippen molar-refractivity contribution in [2.75, 3.05) is 0 Å².